The first-order valence-electron chi connectivity index (χ1n) is 6.75. The number of nitrogens with one attached hydrogen (secondary N) is 2. The number of anilines is 1. The predicted octanol–water partition coefficient (Wildman–Crippen LogP) is 2.71. The van der Waals surface area contributed by atoms with E-state index in [2.05, 4.69) is 22.4 Å². The molecule has 0 saturated carbocycles. The van der Waals surface area contributed by atoms with E-state index in [0.29, 0.717) is 5.69 Å². The highest BCUT2D eigenvalue weighted by Gasteiger charge is 2.23. The van der Waals surface area contributed by atoms with Crippen molar-refractivity contribution in [1.29, 1.82) is 0 Å². The first-order chi connectivity index (χ1) is 9.29. The molecule has 0 aliphatic heterocycles. The van der Waals surface area contributed by atoms with Crippen LogP contribution < -0.4 is 5.32 Å². The van der Waals surface area contributed by atoms with Gasteiger partial charge >= 0.3 is 0 Å². The van der Waals surface area contributed by atoms with Gasteiger partial charge in [0.1, 0.15) is 0 Å². The van der Waals surface area contributed by atoms with E-state index in [1.807, 2.05) is 24.3 Å². The molecule has 1 amide bonds. The molecule has 0 saturated heterocycles. The minimum atomic E-state index is -0.111. The summed E-state index contributed by atoms with van der Waals surface area (Å²) in [4.78, 5) is 12.3. The molecule has 0 fully saturated rings. The number of aromatic nitrogens is 2. The van der Waals surface area contributed by atoms with Crippen LogP contribution in [0.3, 0.4) is 0 Å². The van der Waals surface area contributed by atoms with Gasteiger partial charge in [0.2, 0.25) is 0 Å². The maximum atomic E-state index is 12.3. The van der Waals surface area contributed by atoms with Crippen LogP contribution in [0.25, 0.3) is 0 Å². The number of hydrogen-bond donors (Lipinski definition) is 2. The summed E-state index contributed by atoms with van der Waals surface area (Å²) < 4.78 is 0. The number of hydrogen-bond acceptors (Lipinski definition) is 2. The largest absolute Gasteiger partial charge is 0.320 e. The van der Waals surface area contributed by atoms with Crippen molar-refractivity contribution >= 4 is 11.6 Å². The average molecular weight is 255 g/mol. The van der Waals surface area contributed by atoms with E-state index < -0.39 is 0 Å². The molecule has 98 valence electrons. The lowest BCUT2D eigenvalue weighted by Gasteiger charge is -2.08. The molecule has 19 heavy (non-hydrogen) atoms. The summed E-state index contributed by atoms with van der Waals surface area (Å²) in [5.74, 6) is -0.111. The minimum absolute atomic E-state index is 0.111. The van der Waals surface area contributed by atoms with E-state index in [1.54, 1.807) is 0 Å². The number of rotatable bonds is 3. The van der Waals surface area contributed by atoms with Crippen LogP contribution in [-0.2, 0) is 19.3 Å². The standard InChI is InChI=1S/C15H17N3O/c1-2-10-6-3-4-8-12(10)16-15(19)14-11-7-5-9-13(11)17-18-14/h3-4,6,8H,2,5,7,9H2,1H3,(H,16,19)(H,17,18). The van der Waals surface area contributed by atoms with Gasteiger partial charge in [0.05, 0.1) is 0 Å². The van der Waals surface area contributed by atoms with Crippen LogP contribution in [-0.4, -0.2) is 16.1 Å². The maximum Gasteiger partial charge on any atom is 0.276 e. The van der Waals surface area contributed by atoms with Gasteiger partial charge in [0.25, 0.3) is 5.91 Å². The van der Waals surface area contributed by atoms with Crippen LogP contribution in [0.15, 0.2) is 24.3 Å². The molecule has 0 spiro atoms. The molecule has 2 N–H and O–H groups in total. The lowest BCUT2D eigenvalue weighted by atomic mass is 10.1. The second kappa shape index (κ2) is 4.88. The molecule has 4 nitrogen and oxygen atoms in total. The zero-order valence-corrected chi connectivity index (χ0v) is 11.0. The number of H-pyrrole nitrogens is 1. The number of carbonyl (C=O) groups is 1. The maximum absolute atomic E-state index is 12.3. The number of benzene rings is 1. The van der Waals surface area contributed by atoms with E-state index in [1.165, 1.54) is 0 Å². The Morgan fingerprint density at radius 3 is 3.05 bits per heavy atom. The monoisotopic (exact) mass is 255 g/mol. The van der Waals surface area contributed by atoms with E-state index in [9.17, 15) is 4.79 Å². The molecular formula is C15H17N3O. The average Bonchev–Trinajstić information content (AvgIpc) is 3.01. The normalized spacial score (nSPS) is 13.3. The van der Waals surface area contributed by atoms with Gasteiger partial charge < -0.3 is 5.32 Å². The van der Waals surface area contributed by atoms with Crippen molar-refractivity contribution in [2.45, 2.75) is 32.6 Å². The Bertz CT molecular complexity index is 616. The fraction of sp³-hybridized carbons (Fsp3) is 0.333. The van der Waals surface area contributed by atoms with Crippen LogP contribution >= 0.6 is 0 Å². The van der Waals surface area contributed by atoms with Crippen LogP contribution in [0, 0.1) is 0 Å². The highest BCUT2D eigenvalue weighted by Crippen LogP contribution is 2.24. The summed E-state index contributed by atoms with van der Waals surface area (Å²) in [7, 11) is 0. The van der Waals surface area contributed by atoms with Gasteiger partial charge in [-0.25, -0.2) is 0 Å². The molecule has 3 rings (SSSR count). The molecule has 0 radical (unpaired) electrons. The molecule has 1 aliphatic rings. The summed E-state index contributed by atoms with van der Waals surface area (Å²) in [5, 5.41) is 10.1. The summed E-state index contributed by atoms with van der Waals surface area (Å²) in [6.07, 6.45) is 3.95. The summed E-state index contributed by atoms with van der Waals surface area (Å²) in [5.41, 5.74) is 4.78. The smallest absolute Gasteiger partial charge is 0.276 e. The summed E-state index contributed by atoms with van der Waals surface area (Å²) >= 11 is 0. The molecular weight excluding hydrogens is 238 g/mol. The van der Waals surface area contributed by atoms with Crippen molar-refractivity contribution in [2.75, 3.05) is 5.32 Å². The van der Waals surface area contributed by atoms with Gasteiger partial charge in [-0.3, -0.25) is 9.89 Å². The highest BCUT2D eigenvalue weighted by atomic mass is 16.1. The molecule has 1 heterocycles. The fourth-order valence-corrected chi connectivity index (χ4v) is 2.64. The Labute approximate surface area is 112 Å². The number of fused-ring (bicyclic) bond motifs is 1. The van der Waals surface area contributed by atoms with Crippen molar-refractivity contribution in [3.8, 4) is 0 Å². The van der Waals surface area contributed by atoms with Crippen molar-refractivity contribution in [1.82, 2.24) is 10.2 Å². The number of aryl methyl sites for hydroxylation is 2. The van der Waals surface area contributed by atoms with Crippen LogP contribution in [0.4, 0.5) is 5.69 Å². The van der Waals surface area contributed by atoms with Crippen molar-refractivity contribution in [3.05, 3.63) is 46.8 Å². The molecule has 0 unspecified atom stereocenters. The first kappa shape index (κ1) is 12.0. The molecule has 4 heteroatoms. The topological polar surface area (TPSA) is 57.8 Å². The first-order valence-corrected chi connectivity index (χ1v) is 6.75. The Kier molecular flexibility index (Phi) is 3.07. The van der Waals surface area contributed by atoms with Gasteiger partial charge in [-0.15, -0.1) is 0 Å². The number of amides is 1. The molecule has 0 atom stereocenters. The Morgan fingerprint density at radius 1 is 1.37 bits per heavy atom. The molecule has 2 aromatic rings. The number of nitrogens with zero attached hydrogens (tertiary/aromatic N) is 1. The lowest BCUT2D eigenvalue weighted by Crippen LogP contribution is -2.15. The van der Waals surface area contributed by atoms with E-state index >= 15 is 0 Å². The quantitative estimate of drug-likeness (QED) is 0.886. The Hall–Kier alpha value is -2.10. The number of aromatic amines is 1. The second-order valence-corrected chi connectivity index (χ2v) is 4.85. The number of para-hydroxylation sites is 1. The third-order valence-corrected chi connectivity index (χ3v) is 3.67. The summed E-state index contributed by atoms with van der Waals surface area (Å²) in [6.45, 7) is 2.08. The van der Waals surface area contributed by atoms with Crippen LogP contribution in [0.2, 0.25) is 0 Å². The SMILES string of the molecule is CCc1ccccc1NC(=O)c1n[nH]c2c1CCC2. The van der Waals surface area contributed by atoms with E-state index in [4.69, 9.17) is 0 Å². The zero-order valence-electron chi connectivity index (χ0n) is 11.0. The minimum Gasteiger partial charge on any atom is -0.320 e. The highest BCUT2D eigenvalue weighted by molar-refractivity contribution is 6.04. The van der Waals surface area contributed by atoms with E-state index in [0.717, 1.165) is 48.2 Å². The third-order valence-electron chi connectivity index (χ3n) is 3.67. The van der Waals surface area contributed by atoms with Crippen molar-refractivity contribution in [3.63, 3.8) is 0 Å². The van der Waals surface area contributed by atoms with Gasteiger partial charge in [-0.2, -0.15) is 5.10 Å². The Balaban J connectivity index is 1.85. The van der Waals surface area contributed by atoms with E-state index in [-0.39, 0.29) is 5.91 Å². The molecule has 0 bridgehead atoms. The third kappa shape index (κ3) is 2.14. The lowest BCUT2D eigenvalue weighted by molar-refractivity contribution is 0.102. The van der Waals surface area contributed by atoms with Gasteiger partial charge in [-0.05, 0) is 37.3 Å². The van der Waals surface area contributed by atoms with Gasteiger partial charge in [0, 0.05) is 16.9 Å². The molecule has 1 aliphatic carbocycles. The second-order valence-electron chi connectivity index (χ2n) is 4.85. The van der Waals surface area contributed by atoms with Gasteiger partial charge in [0.15, 0.2) is 5.69 Å². The number of carbonyl (C=O) groups excluding carboxylic acids is 1. The van der Waals surface area contributed by atoms with Crippen LogP contribution in [0.5, 0.6) is 0 Å². The van der Waals surface area contributed by atoms with Crippen molar-refractivity contribution in [2.24, 2.45) is 0 Å². The summed E-state index contributed by atoms with van der Waals surface area (Å²) in [6, 6.07) is 7.89. The van der Waals surface area contributed by atoms with Crippen molar-refractivity contribution < 1.29 is 4.79 Å². The molecule has 1 aromatic carbocycles. The predicted molar refractivity (Wildman–Crippen MR) is 74.4 cm³/mol. The van der Waals surface area contributed by atoms with Gasteiger partial charge in [-0.1, -0.05) is 25.1 Å². The zero-order chi connectivity index (χ0) is 13.2. The fourth-order valence-electron chi connectivity index (χ4n) is 2.64. The Morgan fingerprint density at radius 2 is 2.21 bits per heavy atom. The van der Waals surface area contributed by atoms with Crippen LogP contribution in [0.1, 0.15) is 40.7 Å². The molecule has 1 aromatic heterocycles.